The van der Waals surface area contributed by atoms with Gasteiger partial charge in [0.05, 0.1) is 5.02 Å². The molecule has 2 aromatic rings. The van der Waals surface area contributed by atoms with Crippen LogP contribution in [-0.4, -0.2) is 0 Å². The van der Waals surface area contributed by atoms with Gasteiger partial charge in [0.1, 0.15) is 0 Å². The van der Waals surface area contributed by atoms with E-state index in [1.54, 1.807) is 30.3 Å². The van der Waals surface area contributed by atoms with E-state index in [9.17, 15) is 0 Å². The lowest BCUT2D eigenvalue weighted by molar-refractivity contribution is 1.47. The number of rotatable bonds is 1. The smallest absolute Gasteiger partial charge is 0.0546 e. The molecule has 0 amide bonds. The van der Waals surface area contributed by atoms with Crippen molar-refractivity contribution in [3.05, 3.63) is 50.4 Å². The van der Waals surface area contributed by atoms with E-state index < -0.39 is 0 Å². The topological polar surface area (TPSA) is 0 Å². The van der Waals surface area contributed by atoms with E-state index in [0.717, 1.165) is 11.1 Å². The summed E-state index contributed by atoms with van der Waals surface area (Å²) in [5.41, 5.74) is 1.49. The van der Waals surface area contributed by atoms with Gasteiger partial charge in [0.15, 0.2) is 0 Å². The normalized spacial score (nSPS) is 10.6. The molecule has 0 atom stereocenters. The van der Waals surface area contributed by atoms with Crippen molar-refractivity contribution in [1.29, 1.82) is 0 Å². The van der Waals surface area contributed by atoms with Crippen molar-refractivity contribution in [1.82, 2.24) is 0 Å². The molecule has 0 aliphatic rings. The highest BCUT2D eigenvalue weighted by molar-refractivity contribution is 7.80. The lowest BCUT2D eigenvalue weighted by Crippen LogP contribution is -1.83. The minimum absolute atomic E-state index is 0.517. The Hall–Kier alpha value is -0.0500. The van der Waals surface area contributed by atoms with Gasteiger partial charge >= 0.3 is 0 Å². The molecule has 0 heterocycles. The van der Waals surface area contributed by atoms with E-state index in [0.29, 0.717) is 25.0 Å². The molecule has 0 bridgehead atoms. The van der Waals surface area contributed by atoms with E-state index >= 15 is 0 Å². The predicted octanol–water partition coefficient (Wildman–Crippen LogP) is 6.26. The van der Waals surface area contributed by atoms with Gasteiger partial charge in [-0.2, -0.15) is 0 Å². The first-order valence-electron chi connectivity index (χ1n) is 4.62. The van der Waals surface area contributed by atoms with Crippen LogP contribution in [0.1, 0.15) is 0 Å². The van der Waals surface area contributed by atoms with Crippen LogP contribution in [0.4, 0.5) is 0 Å². The molecule has 2 aromatic carbocycles. The Morgan fingerprint density at radius 2 is 1.35 bits per heavy atom. The molecule has 2 rings (SSSR count). The van der Waals surface area contributed by atoms with Gasteiger partial charge in [-0.1, -0.05) is 46.4 Å². The highest BCUT2D eigenvalue weighted by Crippen LogP contribution is 2.38. The van der Waals surface area contributed by atoms with E-state index in [-0.39, 0.29) is 0 Å². The molecule has 88 valence electrons. The van der Waals surface area contributed by atoms with Crippen molar-refractivity contribution in [2.75, 3.05) is 0 Å². The van der Waals surface area contributed by atoms with Crippen molar-refractivity contribution in [2.24, 2.45) is 0 Å². The molecule has 0 aliphatic heterocycles. The minimum atomic E-state index is 0.517. The van der Waals surface area contributed by atoms with Gasteiger partial charge in [-0.3, -0.25) is 0 Å². The zero-order valence-electron chi connectivity index (χ0n) is 8.35. The molecule has 0 saturated carbocycles. The molecule has 0 saturated heterocycles. The third-order valence-electron chi connectivity index (χ3n) is 2.26. The van der Waals surface area contributed by atoms with E-state index in [1.807, 2.05) is 0 Å². The Labute approximate surface area is 125 Å². The molecule has 0 radical (unpaired) electrons. The van der Waals surface area contributed by atoms with Crippen LogP contribution in [0.3, 0.4) is 0 Å². The monoisotopic (exact) mass is 322 g/mol. The van der Waals surface area contributed by atoms with Gasteiger partial charge in [0.2, 0.25) is 0 Å². The highest BCUT2D eigenvalue weighted by Gasteiger charge is 2.11. The van der Waals surface area contributed by atoms with Crippen LogP contribution in [0.5, 0.6) is 0 Å². The summed E-state index contributed by atoms with van der Waals surface area (Å²) >= 11 is 28.4. The number of halogens is 4. The van der Waals surface area contributed by atoms with Crippen molar-refractivity contribution >= 4 is 59.0 Å². The quantitative estimate of drug-likeness (QED) is 0.588. The molecule has 0 aliphatic carbocycles. The second kappa shape index (κ2) is 5.29. The Balaban J connectivity index is 2.68. The Bertz CT molecular complexity index is 581. The maximum absolute atomic E-state index is 6.15. The fourth-order valence-electron chi connectivity index (χ4n) is 1.45. The fourth-order valence-corrected chi connectivity index (χ4v) is 2.54. The van der Waals surface area contributed by atoms with Gasteiger partial charge in [0.25, 0.3) is 0 Å². The van der Waals surface area contributed by atoms with Gasteiger partial charge in [-0.05, 0) is 30.3 Å². The zero-order chi connectivity index (χ0) is 12.6. The second-order valence-electron chi connectivity index (χ2n) is 3.41. The van der Waals surface area contributed by atoms with Gasteiger partial charge < -0.3 is 0 Å². The lowest BCUT2D eigenvalue weighted by atomic mass is 10.1. The van der Waals surface area contributed by atoms with Gasteiger partial charge in [-0.15, -0.1) is 12.6 Å². The number of thiol groups is 1. The molecule has 17 heavy (non-hydrogen) atoms. The van der Waals surface area contributed by atoms with Crippen molar-refractivity contribution in [3.63, 3.8) is 0 Å². The molecular formula is C12H6Cl4S. The van der Waals surface area contributed by atoms with E-state index in [4.69, 9.17) is 46.4 Å². The molecule has 0 N–H and O–H groups in total. The molecule has 0 fully saturated rings. The Kier molecular flexibility index (Phi) is 4.17. The first kappa shape index (κ1) is 13.4. The SMILES string of the molecule is Sc1cc(Cl)c(-c2cc(Cl)ccc2Cl)cc1Cl. The van der Waals surface area contributed by atoms with Crippen LogP contribution in [0.2, 0.25) is 20.1 Å². The maximum atomic E-state index is 6.15. The molecule has 0 aromatic heterocycles. The van der Waals surface area contributed by atoms with Gasteiger partial charge in [-0.25, -0.2) is 0 Å². The summed E-state index contributed by atoms with van der Waals surface area (Å²) < 4.78 is 0. The summed E-state index contributed by atoms with van der Waals surface area (Å²) in [6.07, 6.45) is 0. The van der Waals surface area contributed by atoms with Crippen LogP contribution in [0, 0.1) is 0 Å². The summed E-state index contributed by atoms with van der Waals surface area (Å²) in [4.78, 5) is 0.624. The van der Waals surface area contributed by atoms with Crippen molar-refractivity contribution in [2.45, 2.75) is 4.90 Å². The first-order valence-corrected chi connectivity index (χ1v) is 6.58. The third kappa shape index (κ3) is 2.86. The second-order valence-corrected chi connectivity index (χ2v) is 5.55. The average molecular weight is 324 g/mol. The summed E-state index contributed by atoms with van der Waals surface area (Å²) in [6, 6.07) is 8.59. The predicted molar refractivity (Wildman–Crippen MR) is 79.2 cm³/mol. The van der Waals surface area contributed by atoms with Crippen molar-refractivity contribution in [3.8, 4) is 11.1 Å². The fraction of sp³-hybridized carbons (Fsp3) is 0. The first-order chi connectivity index (χ1) is 7.99. The lowest BCUT2D eigenvalue weighted by Gasteiger charge is -2.09. The number of hydrogen-bond donors (Lipinski definition) is 1. The zero-order valence-corrected chi connectivity index (χ0v) is 12.3. The number of benzene rings is 2. The third-order valence-corrected chi connectivity index (χ3v) is 3.95. The van der Waals surface area contributed by atoms with E-state index in [2.05, 4.69) is 12.6 Å². The Morgan fingerprint density at radius 3 is 2.06 bits per heavy atom. The molecule has 5 heteroatoms. The Morgan fingerprint density at radius 1 is 0.706 bits per heavy atom. The minimum Gasteiger partial charge on any atom is -0.142 e. The molecule has 0 spiro atoms. The van der Waals surface area contributed by atoms with Crippen LogP contribution in [-0.2, 0) is 0 Å². The highest BCUT2D eigenvalue weighted by atomic mass is 35.5. The van der Waals surface area contributed by atoms with Crippen LogP contribution >= 0.6 is 59.0 Å². The molecule has 0 nitrogen and oxygen atoms in total. The summed E-state index contributed by atoms with van der Waals surface area (Å²) in [5, 5.41) is 2.21. The summed E-state index contributed by atoms with van der Waals surface area (Å²) in [6.45, 7) is 0. The average Bonchev–Trinajstić information content (AvgIpc) is 2.27. The van der Waals surface area contributed by atoms with E-state index in [1.165, 1.54) is 0 Å². The number of hydrogen-bond acceptors (Lipinski definition) is 1. The van der Waals surface area contributed by atoms with Crippen LogP contribution < -0.4 is 0 Å². The largest absolute Gasteiger partial charge is 0.142 e. The molecular weight excluding hydrogens is 318 g/mol. The van der Waals surface area contributed by atoms with Crippen molar-refractivity contribution < 1.29 is 0 Å². The summed E-state index contributed by atoms with van der Waals surface area (Å²) in [7, 11) is 0. The van der Waals surface area contributed by atoms with Crippen LogP contribution in [0.25, 0.3) is 11.1 Å². The summed E-state index contributed by atoms with van der Waals surface area (Å²) in [5.74, 6) is 0. The van der Waals surface area contributed by atoms with Crippen LogP contribution in [0.15, 0.2) is 35.2 Å². The maximum Gasteiger partial charge on any atom is 0.0546 e. The van der Waals surface area contributed by atoms with Gasteiger partial charge in [0, 0.05) is 31.1 Å². The molecule has 0 unspecified atom stereocenters. The standard InChI is InChI=1S/C12H6Cl4S/c13-6-1-2-9(14)7(3-6)8-4-11(16)12(17)5-10(8)15/h1-5,17H.